The maximum Gasteiger partial charge on any atom is 0.200 e. The van der Waals surface area contributed by atoms with Crippen LogP contribution in [0.2, 0.25) is 0 Å². The smallest absolute Gasteiger partial charge is 0.200 e. The number of aromatic nitrogens is 1. The van der Waals surface area contributed by atoms with Crippen molar-refractivity contribution in [3.63, 3.8) is 0 Å². The molecule has 1 aromatic heterocycles. The standard InChI is InChI=1S/C12H6BrF2NO/c13-8-2-1-3-9(14)11(8)12(17)7-4-5-16-6-10(7)15/h1-6H. The quantitative estimate of drug-likeness (QED) is 0.796. The molecule has 0 radical (unpaired) electrons. The van der Waals surface area contributed by atoms with Gasteiger partial charge >= 0.3 is 0 Å². The lowest BCUT2D eigenvalue weighted by Crippen LogP contribution is -2.08. The number of rotatable bonds is 2. The minimum atomic E-state index is -0.771. The summed E-state index contributed by atoms with van der Waals surface area (Å²) < 4.78 is 27.2. The summed E-state index contributed by atoms with van der Waals surface area (Å²) in [5.41, 5.74) is -0.386. The van der Waals surface area contributed by atoms with Crippen molar-refractivity contribution in [3.8, 4) is 0 Å². The predicted octanol–water partition coefficient (Wildman–Crippen LogP) is 3.35. The maximum atomic E-state index is 13.5. The molecule has 5 heteroatoms. The summed E-state index contributed by atoms with van der Waals surface area (Å²) >= 11 is 3.07. The molecule has 2 aromatic rings. The van der Waals surface area contributed by atoms with E-state index in [4.69, 9.17) is 0 Å². The number of ketones is 1. The van der Waals surface area contributed by atoms with Crippen molar-refractivity contribution in [2.45, 2.75) is 0 Å². The number of benzene rings is 1. The van der Waals surface area contributed by atoms with Crippen molar-refractivity contribution in [3.05, 3.63) is 63.9 Å². The van der Waals surface area contributed by atoms with Gasteiger partial charge in [-0.3, -0.25) is 9.78 Å². The van der Waals surface area contributed by atoms with Crippen LogP contribution < -0.4 is 0 Å². The van der Waals surface area contributed by atoms with Gasteiger partial charge in [-0.25, -0.2) is 8.78 Å². The third kappa shape index (κ3) is 2.24. The first kappa shape index (κ1) is 11.9. The Labute approximate surface area is 104 Å². The molecular weight excluding hydrogens is 292 g/mol. The average molecular weight is 298 g/mol. The molecule has 0 aliphatic carbocycles. The topological polar surface area (TPSA) is 30.0 Å². The number of hydrogen-bond donors (Lipinski definition) is 0. The Balaban J connectivity index is 2.56. The summed E-state index contributed by atoms with van der Waals surface area (Å²) in [7, 11) is 0. The molecule has 17 heavy (non-hydrogen) atoms. The van der Waals surface area contributed by atoms with E-state index >= 15 is 0 Å². The third-order valence-electron chi connectivity index (χ3n) is 2.21. The van der Waals surface area contributed by atoms with Gasteiger partial charge in [0.05, 0.1) is 17.3 Å². The van der Waals surface area contributed by atoms with Crippen LogP contribution in [0.25, 0.3) is 0 Å². The van der Waals surface area contributed by atoms with Crippen molar-refractivity contribution < 1.29 is 13.6 Å². The van der Waals surface area contributed by atoms with Gasteiger partial charge in [0.2, 0.25) is 0 Å². The van der Waals surface area contributed by atoms with Gasteiger partial charge in [-0.05, 0) is 34.1 Å². The molecule has 0 spiro atoms. The zero-order valence-corrected chi connectivity index (χ0v) is 10.0. The second-order valence-corrected chi connectivity index (χ2v) is 4.14. The normalized spacial score (nSPS) is 10.3. The lowest BCUT2D eigenvalue weighted by Gasteiger charge is -2.05. The number of hydrogen-bond acceptors (Lipinski definition) is 2. The van der Waals surface area contributed by atoms with Crippen LogP contribution in [-0.4, -0.2) is 10.8 Å². The maximum absolute atomic E-state index is 13.5. The number of carbonyl (C=O) groups is 1. The van der Waals surface area contributed by atoms with Gasteiger partial charge in [-0.2, -0.15) is 0 Å². The molecule has 0 fully saturated rings. The summed E-state index contributed by atoms with van der Waals surface area (Å²) in [5, 5.41) is 0. The van der Waals surface area contributed by atoms with E-state index in [0.717, 1.165) is 12.3 Å². The summed E-state index contributed by atoms with van der Waals surface area (Å²) in [6.07, 6.45) is 2.20. The van der Waals surface area contributed by atoms with E-state index in [9.17, 15) is 13.6 Å². The molecular formula is C12H6BrF2NO. The van der Waals surface area contributed by atoms with Crippen molar-refractivity contribution in [2.75, 3.05) is 0 Å². The highest BCUT2D eigenvalue weighted by Crippen LogP contribution is 2.23. The Morgan fingerprint density at radius 3 is 2.59 bits per heavy atom. The van der Waals surface area contributed by atoms with Crippen LogP contribution in [0, 0.1) is 11.6 Å². The number of nitrogens with zero attached hydrogens (tertiary/aromatic N) is 1. The largest absolute Gasteiger partial charge is 0.288 e. The molecule has 0 aliphatic rings. The zero-order chi connectivity index (χ0) is 12.4. The van der Waals surface area contributed by atoms with Gasteiger partial charge in [0.15, 0.2) is 11.6 Å². The van der Waals surface area contributed by atoms with E-state index in [0.29, 0.717) is 4.47 Å². The molecule has 0 aliphatic heterocycles. The molecule has 0 saturated heterocycles. The Hall–Kier alpha value is -1.62. The molecule has 0 amide bonds. The van der Waals surface area contributed by atoms with Gasteiger partial charge in [0.25, 0.3) is 0 Å². The molecule has 0 unspecified atom stereocenters. The lowest BCUT2D eigenvalue weighted by atomic mass is 10.0. The van der Waals surface area contributed by atoms with Crippen LogP contribution in [0.1, 0.15) is 15.9 Å². The van der Waals surface area contributed by atoms with E-state index in [1.165, 1.54) is 24.4 Å². The monoisotopic (exact) mass is 297 g/mol. The van der Waals surface area contributed by atoms with Crippen LogP contribution >= 0.6 is 15.9 Å². The Morgan fingerprint density at radius 1 is 1.18 bits per heavy atom. The fraction of sp³-hybridized carbons (Fsp3) is 0. The molecule has 2 nitrogen and oxygen atoms in total. The Kier molecular flexibility index (Phi) is 3.28. The van der Waals surface area contributed by atoms with Gasteiger partial charge in [-0.15, -0.1) is 0 Å². The Morgan fingerprint density at radius 2 is 1.94 bits per heavy atom. The molecule has 0 atom stereocenters. The van der Waals surface area contributed by atoms with Crippen molar-refractivity contribution in [1.29, 1.82) is 0 Å². The van der Waals surface area contributed by atoms with E-state index in [1.54, 1.807) is 0 Å². The van der Waals surface area contributed by atoms with E-state index < -0.39 is 17.4 Å². The zero-order valence-electron chi connectivity index (χ0n) is 8.45. The van der Waals surface area contributed by atoms with Crippen molar-refractivity contribution in [2.24, 2.45) is 0 Å². The molecule has 0 bridgehead atoms. The SMILES string of the molecule is O=C(c1ccncc1F)c1c(F)cccc1Br. The average Bonchev–Trinajstić information content (AvgIpc) is 2.29. The summed E-state index contributed by atoms with van der Waals surface area (Å²) in [4.78, 5) is 15.5. The summed E-state index contributed by atoms with van der Waals surface area (Å²) in [6.45, 7) is 0. The molecule has 0 saturated carbocycles. The van der Waals surface area contributed by atoms with Crippen molar-refractivity contribution >= 4 is 21.7 Å². The first-order valence-corrected chi connectivity index (χ1v) is 5.49. The fourth-order valence-electron chi connectivity index (χ4n) is 1.41. The van der Waals surface area contributed by atoms with Crippen molar-refractivity contribution in [1.82, 2.24) is 4.98 Å². The summed E-state index contributed by atoms with van der Waals surface area (Å²) in [6, 6.07) is 5.35. The van der Waals surface area contributed by atoms with E-state index in [1.807, 2.05) is 0 Å². The van der Waals surface area contributed by atoms with Crippen LogP contribution in [0.15, 0.2) is 41.1 Å². The van der Waals surface area contributed by atoms with Gasteiger partial charge in [-0.1, -0.05) is 6.07 Å². The highest BCUT2D eigenvalue weighted by Gasteiger charge is 2.19. The minimum Gasteiger partial charge on any atom is -0.288 e. The second kappa shape index (κ2) is 4.71. The van der Waals surface area contributed by atoms with Crippen LogP contribution in [0.3, 0.4) is 0 Å². The third-order valence-corrected chi connectivity index (χ3v) is 2.87. The van der Waals surface area contributed by atoms with Crippen LogP contribution in [-0.2, 0) is 0 Å². The fourth-order valence-corrected chi connectivity index (χ4v) is 1.93. The van der Waals surface area contributed by atoms with Crippen LogP contribution in [0.4, 0.5) is 8.78 Å². The van der Waals surface area contributed by atoms with E-state index in [2.05, 4.69) is 20.9 Å². The van der Waals surface area contributed by atoms with E-state index in [-0.39, 0.29) is 11.1 Å². The lowest BCUT2D eigenvalue weighted by molar-refractivity contribution is 0.103. The highest BCUT2D eigenvalue weighted by molar-refractivity contribution is 9.10. The summed E-state index contributed by atoms with van der Waals surface area (Å²) in [5.74, 6) is -2.18. The molecule has 86 valence electrons. The molecule has 1 aromatic carbocycles. The molecule has 1 heterocycles. The molecule has 2 rings (SSSR count). The van der Waals surface area contributed by atoms with Gasteiger partial charge in [0, 0.05) is 10.7 Å². The predicted molar refractivity (Wildman–Crippen MR) is 61.7 cm³/mol. The van der Waals surface area contributed by atoms with Gasteiger partial charge < -0.3 is 0 Å². The highest BCUT2D eigenvalue weighted by atomic mass is 79.9. The van der Waals surface area contributed by atoms with Gasteiger partial charge in [0.1, 0.15) is 5.82 Å². The molecule has 0 N–H and O–H groups in total. The second-order valence-electron chi connectivity index (χ2n) is 3.28. The number of halogens is 3. The van der Waals surface area contributed by atoms with Crippen LogP contribution in [0.5, 0.6) is 0 Å². The minimum absolute atomic E-state index is 0.183. The first-order valence-electron chi connectivity index (χ1n) is 4.69. The number of pyridine rings is 1. The Bertz CT molecular complexity index is 566. The number of carbonyl (C=O) groups excluding carboxylic acids is 1. The first-order chi connectivity index (χ1) is 8.11.